The highest BCUT2D eigenvalue weighted by molar-refractivity contribution is 6.35. The van der Waals surface area contributed by atoms with Crippen molar-refractivity contribution in [2.45, 2.75) is 6.10 Å². The van der Waals surface area contributed by atoms with Crippen LogP contribution >= 0.6 is 11.6 Å². The van der Waals surface area contributed by atoms with E-state index in [0.717, 1.165) is 5.39 Å². The molecule has 3 nitrogen and oxygen atoms in total. The Balaban J connectivity index is 2.21. The third-order valence-electron chi connectivity index (χ3n) is 2.85. The van der Waals surface area contributed by atoms with Crippen molar-refractivity contribution in [2.75, 3.05) is 0 Å². The smallest absolute Gasteiger partial charge is 0.139 e. The highest BCUT2D eigenvalue weighted by atomic mass is 35.5. The molecule has 2 aromatic heterocycles. The number of nitrogens with zero attached hydrogens (tertiary/aromatic N) is 1. The van der Waals surface area contributed by atoms with E-state index >= 15 is 0 Å². The predicted octanol–water partition coefficient (Wildman–Crippen LogP) is 3.56. The van der Waals surface area contributed by atoms with Gasteiger partial charge in [-0.05, 0) is 30.3 Å². The SMILES string of the molecule is OC(c1ccco1)c1ccc(Cl)c2cccnc12. The fourth-order valence-electron chi connectivity index (χ4n) is 1.98. The van der Waals surface area contributed by atoms with E-state index in [1.165, 1.54) is 6.26 Å². The number of aliphatic hydroxyl groups is 1. The Kier molecular flexibility index (Phi) is 2.78. The van der Waals surface area contributed by atoms with Gasteiger partial charge in [-0.1, -0.05) is 17.7 Å². The van der Waals surface area contributed by atoms with Crippen LogP contribution in [0.25, 0.3) is 10.9 Å². The highest BCUT2D eigenvalue weighted by Crippen LogP contribution is 2.31. The molecule has 1 atom stereocenters. The Morgan fingerprint density at radius 1 is 1.17 bits per heavy atom. The van der Waals surface area contributed by atoms with Crippen molar-refractivity contribution in [1.29, 1.82) is 0 Å². The van der Waals surface area contributed by atoms with Gasteiger partial charge in [0, 0.05) is 22.2 Å². The number of hydrogen-bond donors (Lipinski definition) is 1. The number of fused-ring (bicyclic) bond motifs is 1. The molecule has 0 fully saturated rings. The highest BCUT2D eigenvalue weighted by Gasteiger charge is 2.17. The van der Waals surface area contributed by atoms with Gasteiger partial charge in [-0.3, -0.25) is 4.98 Å². The second-order valence-corrected chi connectivity index (χ2v) is 4.36. The van der Waals surface area contributed by atoms with E-state index in [-0.39, 0.29) is 0 Å². The summed E-state index contributed by atoms with van der Waals surface area (Å²) in [5, 5.41) is 11.7. The molecular formula is C14H10ClNO2. The largest absolute Gasteiger partial charge is 0.466 e. The number of aliphatic hydroxyl groups excluding tert-OH is 1. The van der Waals surface area contributed by atoms with E-state index in [2.05, 4.69) is 4.98 Å². The lowest BCUT2D eigenvalue weighted by Gasteiger charge is -2.11. The quantitative estimate of drug-likeness (QED) is 0.765. The fraction of sp³-hybridized carbons (Fsp3) is 0.0714. The molecule has 3 rings (SSSR count). The summed E-state index contributed by atoms with van der Waals surface area (Å²) in [6, 6.07) is 10.7. The summed E-state index contributed by atoms with van der Waals surface area (Å²) in [6.45, 7) is 0. The standard InChI is InChI=1S/C14H10ClNO2/c15-11-6-5-10(13-9(11)3-1-7-16-13)14(17)12-4-2-8-18-12/h1-8,14,17H. The monoisotopic (exact) mass is 259 g/mol. The molecule has 0 bridgehead atoms. The van der Waals surface area contributed by atoms with Crippen molar-refractivity contribution in [2.24, 2.45) is 0 Å². The molecule has 1 unspecified atom stereocenters. The van der Waals surface area contributed by atoms with Crippen molar-refractivity contribution >= 4 is 22.5 Å². The van der Waals surface area contributed by atoms with Gasteiger partial charge in [0.05, 0.1) is 11.8 Å². The number of hydrogen-bond acceptors (Lipinski definition) is 3. The summed E-state index contributed by atoms with van der Waals surface area (Å²) < 4.78 is 5.22. The molecule has 0 aliphatic heterocycles. The molecular weight excluding hydrogens is 250 g/mol. The molecule has 0 spiro atoms. The molecule has 0 saturated carbocycles. The number of benzene rings is 1. The third kappa shape index (κ3) is 1.78. The molecule has 1 N–H and O–H groups in total. The fourth-order valence-corrected chi connectivity index (χ4v) is 2.20. The lowest BCUT2D eigenvalue weighted by molar-refractivity contribution is 0.190. The molecule has 0 aliphatic carbocycles. The Bertz CT molecular complexity index is 679. The van der Waals surface area contributed by atoms with Gasteiger partial charge in [0.1, 0.15) is 11.9 Å². The van der Waals surface area contributed by atoms with Crippen molar-refractivity contribution in [3.05, 3.63) is 65.2 Å². The lowest BCUT2D eigenvalue weighted by atomic mass is 10.0. The maximum atomic E-state index is 10.3. The molecule has 0 radical (unpaired) electrons. The van der Waals surface area contributed by atoms with Gasteiger partial charge >= 0.3 is 0 Å². The lowest BCUT2D eigenvalue weighted by Crippen LogP contribution is -2.00. The van der Waals surface area contributed by atoms with Crippen LogP contribution < -0.4 is 0 Å². The first-order valence-corrected chi connectivity index (χ1v) is 5.90. The predicted molar refractivity (Wildman–Crippen MR) is 69.5 cm³/mol. The number of aromatic nitrogens is 1. The van der Waals surface area contributed by atoms with E-state index in [9.17, 15) is 5.11 Å². The number of halogens is 1. The van der Waals surface area contributed by atoms with Gasteiger partial charge in [0.25, 0.3) is 0 Å². The average Bonchev–Trinajstić information content (AvgIpc) is 2.93. The van der Waals surface area contributed by atoms with E-state index in [1.807, 2.05) is 12.1 Å². The summed E-state index contributed by atoms with van der Waals surface area (Å²) in [4.78, 5) is 4.29. The molecule has 2 heterocycles. The first-order valence-electron chi connectivity index (χ1n) is 5.52. The minimum absolute atomic E-state index is 0.490. The van der Waals surface area contributed by atoms with Gasteiger partial charge in [-0.15, -0.1) is 0 Å². The third-order valence-corrected chi connectivity index (χ3v) is 3.18. The summed E-state index contributed by atoms with van der Waals surface area (Å²) in [6.07, 6.45) is 2.37. The molecule has 18 heavy (non-hydrogen) atoms. The summed E-state index contributed by atoms with van der Waals surface area (Å²) in [5.74, 6) is 0.490. The van der Waals surface area contributed by atoms with Gasteiger partial charge < -0.3 is 9.52 Å². The zero-order valence-corrected chi connectivity index (χ0v) is 10.1. The average molecular weight is 260 g/mol. The van der Waals surface area contributed by atoms with Crippen LogP contribution in [0.2, 0.25) is 5.02 Å². The van der Waals surface area contributed by atoms with Crippen molar-refractivity contribution < 1.29 is 9.52 Å². The van der Waals surface area contributed by atoms with Crippen LogP contribution in [0.15, 0.2) is 53.3 Å². The second-order valence-electron chi connectivity index (χ2n) is 3.95. The molecule has 4 heteroatoms. The molecule has 90 valence electrons. The normalized spacial score (nSPS) is 12.8. The van der Waals surface area contributed by atoms with Gasteiger partial charge in [0.2, 0.25) is 0 Å². The van der Waals surface area contributed by atoms with Crippen LogP contribution in [-0.2, 0) is 0 Å². The molecule has 0 aliphatic rings. The summed E-state index contributed by atoms with van der Waals surface area (Å²) >= 11 is 6.11. The molecule has 0 amide bonds. The van der Waals surface area contributed by atoms with E-state index in [0.29, 0.717) is 21.9 Å². The summed E-state index contributed by atoms with van der Waals surface area (Å²) in [5.41, 5.74) is 1.37. The van der Waals surface area contributed by atoms with Crippen LogP contribution in [0.4, 0.5) is 0 Å². The Morgan fingerprint density at radius 2 is 2.06 bits per heavy atom. The van der Waals surface area contributed by atoms with E-state index in [4.69, 9.17) is 16.0 Å². The first-order chi connectivity index (χ1) is 8.77. The van der Waals surface area contributed by atoms with Crippen molar-refractivity contribution in [1.82, 2.24) is 4.98 Å². The number of rotatable bonds is 2. The maximum absolute atomic E-state index is 10.3. The Hall–Kier alpha value is -1.84. The second kappa shape index (κ2) is 4.44. The molecule has 0 saturated heterocycles. The van der Waals surface area contributed by atoms with Gasteiger partial charge in [0.15, 0.2) is 0 Å². The van der Waals surface area contributed by atoms with E-state index < -0.39 is 6.10 Å². The van der Waals surface area contributed by atoms with Crippen LogP contribution in [-0.4, -0.2) is 10.1 Å². The van der Waals surface area contributed by atoms with Crippen molar-refractivity contribution in [3.8, 4) is 0 Å². The Morgan fingerprint density at radius 3 is 2.83 bits per heavy atom. The molecule has 1 aromatic carbocycles. The molecule has 3 aromatic rings. The zero-order valence-electron chi connectivity index (χ0n) is 9.38. The van der Waals surface area contributed by atoms with Gasteiger partial charge in [-0.25, -0.2) is 0 Å². The first kappa shape index (κ1) is 11.3. The van der Waals surface area contributed by atoms with Gasteiger partial charge in [-0.2, -0.15) is 0 Å². The van der Waals surface area contributed by atoms with Crippen LogP contribution in [0.3, 0.4) is 0 Å². The van der Waals surface area contributed by atoms with Crippen LogP contribution in [0, 0.1) is 0 Å². The number of pyridine rings is 1. The van der Waals surface area contributed by atoms with Crippen molar-refractivity contribution in [3.63, 3.8) is 0 Å². The zero-order chi connectivity index (χ0) is 12.5. The maximum Gasteiger partial charge on any atom is 0.139 e. The van der Waals surface area contributed by atoms with Crippen LogP contribution in [0.5, 0.6) is 0 Å². The number of furan rings is 1. The van der Waals surface area contributed by atoms with E-state index in [1.54, 1.807) is 30.5 Å². The summed E-state index contributed by atoms with van der Waals surface area (Å²) in [7, 11) is 0. The Labute approximate surface area is 109 Å². The minimum Gasteiger partial charge on any atom is -0.466 e. The topological polar surface area (TPSA) is 46.3 Å². The van der Waals surface area contributed by atoms with Crippen LogP contribution in [0.1, 0.15) is 17.4 Å². The minimum atomic E-state index is -0.838.